The van der Waals surface area contributed by atoms with E-state index in [0.717, 1.165) is 23.5 Å². The van der Waals surface area contributed by atoms with Crippen LogP contribution >= 0.6 is 0 Å². The summed E-state index contributed by atoms with van der Waals surface area (Å²) in [6, 6.07) is 16.1. The second kappa shape index (κ2) is 11.1. The maximum absolute atomic E-state index is 14.5. The summed E-state index contributed by atoms with van der Waals surface area (Å²) in [4.78, 5) is 2.24. The average molecular weight is 468 g/mol. The lowest BCUT2D eigenvalue weighted by atomic mass is 10.2. The Morgan fingerprint density at radius 1 is 1.12 bits per heavy atom. The number of hydrogen-bond acceptors (Lipinski definition) is 5. The van der Waals surface area contributed by atoms with Gasteiger partial charge in [0.05, 0.1) is 35.8 Å². The van der Waals surface area contributed by atoms with E-state index in [1.165, 1.54) is 18.9 Å². The van der Waals surface area contributed by atoms with Crippen molar-refractivity contribution < 1.29 is 19.0 Å². The number of aliphatic hydroxyl groups is 1. The molecule has 0 radical (unpaired) electrons. The molecule has 1 saturated carbocycles. The summed E-state index contributed by atoms with van der Waals surface area (Å²) in [6.45, 7) is 8.06. The van der Waals surface area contributed by atoms with E-state index in [-0.39, 0.29) is 11.9 Å². The molecule has 7 heteroatoms. The maximum Gasteiger partial charge on any atom is 0.227 e. The smallest absolute Gasteiger partial charge is 0.227 e. The molecule has 1 atom stereocenters. The summed E-state index contributed by atoms with van der Waals surface area (Å²) in [6.07, 6.45) is 1.88. The standard InChI is InChI=1S/C27H34FN3O3/c1-19(2)33-18-23(32)16-30(15-21-13-14-21)17-24-20(3)29-31(22-9-5-4-6-10-22)27(24)34-26-12-8-7-11-25(26)28/h4-12,19,21,23,32H,13-18H2,1-3H3/t23-/m1/s1. The third-order valence-corrected chi connectivity index (χ3v) is 5.87. The van der Waals surface area contributed by atoms with Crippen molar-refractivity contribution in [1.82, 2.24) is 14.7 Å². The van der Waals surface area contributed by atoms with Crippen LogP contribution in [-0.4, -0.2) is 51.7 Å². The van der Waals surface area contributed by atoms with Crippen LogP contribution in [0.4, 0.5) is 4.39 Å². The van der Waals surface area contributed by atoms with Crippen LogP contribution in [0.1, 0.15) is 37.9 Å². The van der Waals surface area contributed by atoms with E-state index in [2.05, 4.69) is 4.90 Å². The van der Waals surface area contributed by atoms with Gasteiger partial charge in [-0.2, -0.15) is 5.10 Å². The van der Waals surface area contributed by atoms with Gasteiger partial charge in [-0.1, -0.05) is 30.3 Å². The van der Waals surface area contributed by atoms with Crippen molar-refractivity contribution >= 4 is 0 Å². The van der Waals surface area contributed by atoms with E-state index in [0.29, 0.717) is 31.5 Å². The highest BCUT2D eigenvalue weighted by atomic mass is 19.1. The van der Waals surface area contributed by atoms with Crippen molar-refractivity contribution in [3.63, 3.8) is 0 Å². The van der Waals surface area contributed by atoms with Crippen LogP contribution in [0.2, 0.25) is 0 Å². The van der Waals surface area contributed by atoms with Crippen molar-refractivity contribution in [2.45, 2.75) is 52.4 Å². The predicted molar refractivity (Wildman–Crippen MR) is 130 cm³/mol. The van der Waals surface area contributed by atoms with E-state index < -0.39 is 11.9 Å². The first-order valence-corrected chi connectivity index (χ1v) is 12.0. The lowest BCUT2D eigenvalue weighted by Gasteiger charge is -2.26. The fraction of sp³-hybridized carbons (Fsp3) is 0.444. The summed E-state index contributed by atoms with van der Waals surface area (Å²) in [7, 11) is 0. The van der Waals surface area contributed by atoms with Crippen LogP contribution in [0.15, 0.2) is 54.6 Å². The minimum Gasteiger partial charge on any atom is -0.435 e. The van der Waals surface area contributed by atoms with Gasteiger partial charge in [-0.25, -0.2) is 9.07 Å². The largest absolute Gasteiger partial charge is 0.435 e. The Hall–Kier alpha value is -2.74. The fourth-order valence-electron chi connectivity index (χ4n) is 3.95. The zero-order valence-corrected chi connectivity index (χ0v) is 20.2. The molecule has 4 rings (SSSR count). The van der Waals surface area contributed by atoms with Gasteiger partial charge >= 0.3 is 0 Å². The summed E-state index contributed by atoms with van der Waals surface area (Å²) < 4.78 is 28.0. The number of aliphatic hydroxyl groups excluding tert-OH is 1. The van der Waals surface area contributed by atoms with Gasteiger partial charge in [0.15, 0.2) is 11.6 Å². The number of halogens is 1. The van der Waals surface area contributed by atoms with Gasteiger partial charge in [0, 0.05) is 19.6 Å². The van der Waals surface area contributed by atoms with E-state index in [1.807, 2.05) is 51.1 Å². The molecule has 3 aromatic rings. The molecule has 1 aromatic heterocycles. The zero-order chi connectivity index (χ0) is 24.1. The SMILES string of the molecule is Cc1nn(-c2ccccc2)c(Oc2ccccc2F)c1CN(CC1CC1)C[C@@H](O)COC(C)C. The molecule has 1 N–H and O–H groups in total. The number of aryl methyl sites for hydroxylation is 1. The fourth-order valence-corrected chi connectivity index (χ4v) is 3.95. The third kappa shape index (κ3) is 6.44. The molecule has 1 aliphatic rings. The molecule has 182 valence electrons. The zero-order valence-electron chi connectivity index (χ0n) is 20.2. The normalized spacial score (nSPS) is 14.7. The first-order valence-electron chi connectivity index (χ1n) is 12.0. The second-order valence-electron chi connectivity index (χ2n) is 9.32. The van der Waals surface area contributed by atoms with E-state index >= 15 is 0 Å². The quantitative estimate of drug-likeness (QED) is 0.401. The molecule has 1 heterocycles. The predicted octanol–water partition coefficient (Wildman–Crippen LogP) is 5.11. The molecule has 34 heavy (non-hydrogen) atoms. The molecule has 6 nitrogen and oxygen atoms in total. The van der Waals surface area contributed by atoms with Gasteiger partial charge in [-0.3, -0.25) is 4.90 Å². The van der Waals surface area contributed by atoms with E-state index in [9.17, 15) is 9.50 Å². The molecule has 0 amide bonds. The van der Waals surface area contributed by atoms with Gasteiger partial charge in [0.1, 0.15) is 0 Å². The van der Waals surface area contributed by atoms with Gasteiger partial charge in [-0.15, -0.1) is 0 Å². The minimum absolute atomic E-state index is 0.0682. The Labute approximate surface area is 200 Å². The number of benzene rings is 2. The third-order valence-electron chi connectivity index (χ3n) is 5.87. The Kier molecular flexibility index (Phi) is 7.98. The first-order chi connectivity index (χ1) is 16.4. The lowest BCUT2D eigenvalue weighted by Crippen LogP contribution is -2.36. The molecule has 0 unspecified atom stereocenters. The highest BCUT2D eigenvalue weighted by Crippen LogP contribution is 2.34. The number of rotatable bonds is 12. The lowest BCUT2D eigenvalue weighted by molar-refractivity contribution is -0.0101. The molecular formula is C27H34FN3O3. The van der Waals surface area contributed by atoms with Gasteiger partial charge in [0.25, 0.3) is 0 Å². The highest BCUT2D eigenvalue weighted by molar-refractivity contribution is 5.43. The monoisotopic (exact) mass is 467 g/mol. The highest BCUT2D eigenvalue weighted by Gasteiger charge is 2.28. The maximum atomic E-state index is 14.5. The number of ether oxygens (including phenoxy) is 2. The van der Waals surface area contributed by atoms with Gasteiger partial charge in [0.2, 0.25) is 5.88 Å². The van der Waals surface area contributed by atoms with Crippen molar-refractivity contribution in [1.29, 1.82) is 0 Å². The Balaban J connectivity index is 1.64. The van der Waals surface area contributed by atoms with Crippen LogP contribution in [0.5, 0.6) is 11.6 Å². The van der Waals surface area contributed by atoms with Crippen LogP contribution in [0.25, 0.3) is 5.69 Å². The summed E-state index contributed by atoms with van der Waals surface area (Å²) in [5.41, 5.74) is 2.52. The van der Waals surface area contributed by atoms with E-state index in [1.54, 1.807) is 22.9 Å². The molecule has 1 fully saturated rings. The molecule has 1 aliphatic carbocycles. The molecule has 2 aromatic carbocycles. The van der Waals surface area contributed by atoms with E-state index in [4.69, 9.17) is 14.6 Å². The van der Waals surface area contributed by atoms with Crippen LogP contribution in [-0.2, 0) is 11.3 Å². The molecule has 0 bridgehead atoms. The second-order valence-corrected chi connectivity index (χ2v) is 9.32. The average Bonchev–Trinajstić information content (AvgIpc) is 3.58. The Morgan fingerprint density at radius 2 is 1.82 bits per heavy atom. The number of aromatic nitrogens is 2. The molecule has 0 spiro atoms. The van der Waals surface area contributed by atoms with Crippen LogP contribution < -0.4 is 4.74 Å². The Bertz CT molecular complexity index is 1070. The van der Waals surface area contributed by atoms with Gasteiger partial charge < -0.3 is 14.6 Å². The summed E-state index contributed by atoms with van der Waals surface area (Å²) in [5.74, 6) is 0.851. The van der Waals surface area contributed by atoms with Crippen LogP contribution in [0.3, 0.4) is 0 Å². The van der Waals surface area contributed by atoms with Crippen molar-refractivity contribution in [3.8, 4) is 17.3 Å². The van der Waals surface area contributed by atoms with Crippen molar-refractivity contribution in [2.75, 3.05) is 19.7 Å². The van der Waals surface area contributed by atoms with Crippen molar-refractivity contribution in [2.24, 2.45) is 5.92 Å². The summed E-state index contributed by atoms with van der Waals surface area (Å²) >= 11 is 0. The first kappa shape index (κ1) is 24.4. The topological polar surface area (TPSA) is 59.8 Å². The van der Waals surface area contributed by atoms with Gasteiger partial charge in [-0.05, 0) is 63.8 Å². The molecule has 0 saturated heterocycles. The van der Waals surface area contributed by atoms with Crippen LogP contribution in [0, 0.1) is 18.7 Å². The minimum atomic E-state index is -0.596. The Morgan fingerprint density at radius 3 is 2.50 bits per heavy atom. The van der Waals surface area contributed by atoms with Crippen molar-refractivity contribution in [3.05, 3.63) is 71.7 Å². The number of para-hydroxylation sites is 2. The molecule has 0 aliphatic heterocycles. The molecular weight excluding hydrogens is 433 g/mol. The number of hydrogen-bond donors (Lipinski definition) is 1. The number of nitrogens with zero attached hydrogens (tertiary/aromatic N) is 3. The summed E-state index contributed by atoms with van der Waals surface area (Å²) in [5, 5.41) is 15.4.